The Labute approximate surface area is 82.1 Å². The van der Waals surface area contributed by atoms with Crippen LogP contribution in [0.3, 0.4) is 0 Å². The van der Waals surface area contributed by atoms with Crippen LogP contribution in [-0.2, 0) is 4.79 Å². The number of alkyl halides is 3. The lowest BCUT2D eigenvalue weighted by molar-refractivity contribution is -0.148. The molecule has 2 nitrogen and oxygen atoms in total. The standard InChI is InChI=1S/C9H16F3NO/c1-4-13(6-9(10,11)12)5-8(14)7(2)3/h7H,4-6H2,1-3H3. The Morgan fingerprint density at radius 3 is 2.14 bits per heavy atom. The second kappa shape index (κ2) is 5.34. The summed E-state index contributed by atoms with van der Waals surface area (Å²) in [7, 11) is 0. The molecule has 0 bridgehead atoms. The molecular formula is C9H16F3NO. The van der Waals surface area contributed by atoms with Gasteiger partial charge in [-0.1, -0.05) is 20.8 Å². The highest BCUT2D eigenvalue weighted by Crippen LogP contribution is 2.16. The summed E-state index contributed by atoms with van der Waals surface area (Å²) in [6.07, 6.45) is -4.23. The van der Waals surface area contributed by atoms with Gasteiger partial charge in [-0.15, -0.1) is 0 Å². The molecule has 0 amide bonds. The minimum atomic E-state index is -4.23. The smallest absolute Gasteiger partial charge is 0.298 e. The minimum absolute atomic E-state index is 0.117. The van der Waals surface area contributed by atoms with Crippen molar-refractivity contribution in [2.45, 2.75) is 26.9 Å². The molecular weight excluding hydrogens is 195 g/mol. The molecule has 14 heavy (non-hydrogen) atoms. The third-order valence-corrected chi connectivity index (χ3v) is 1.87. The SMILES string of the molecule is CCN(CC(=O)C(C)C)CC(F)(F)F. The van der Waals surface area contributed by atoms with Gasteiger partial charge < -0.3 is 0 Å². The highest BCUT2D eigenvalue weighted by atomic mass is 19.4. The Hall–Kier alpha value is -0.580. The number of halogens is 3. The maximum Gasteiger partial charge on any atom is 0.401 e. The van der Waals surface area contributed by atoms with E-state index >= 15 is 0 Å². The van der Waals surface area contributed by atoms with Crippen molar-refractivity contribution in [3.8, 4) is 0 Å². The summed E-state index contributed by atoms with van der Waals surface area (Å²) in [6, 6.07) is 0. The first-order valence-corrected chi connectivity index (χ1v) is 4.58. The molecule has 0 fully saturated rings. The predicted octanol–water partition coefficient (Wildman–Crippen LogP) is 2.10. The Bertz CT molecular complexity index is 189. The maximum atomic E-state index is 12.0. The van der Waals surface area contributed by atoms with Crippen molar-refractivity contribution >= 4 is 5.78 Å². The van der Waals surface area contributed by atoms with Gasteiger partial charge in [-0.05, 0) is 6.54 Å². The van der Waals surface area contributed by atoms with Crippen molar-refractivity contribution in [1.29, 1.82) is 0 Å². The summed E-state index contributed by atoms with van der Waals surface area (Å²) in [4.78, 5) is 12.3. The second-order valence-electron chi connectivity index (χ2n) is 3.54. The molecule has 0 aliphatic rings. The van der Waals surface area contributed by atoms with Gasteiger partial charge in [0.15, 0.2) is 0 Å². The average Bonchev–Trinajstić information content (AvgIpc) is 2.00. The van der Waals surface area contributed by atoms with Crippen LogP contribution in [0.4, 0.5) is 13.2 Å². The third-order valence-electron chi connectivity index (χ3n) is 1.87. The normalized spacial score (nSPS) is 12.6. The lowest BCUT2D eigenvalue weighted by Gasteiger charge is -2.21. The van der Waals surface area contributed by atoms with Crippen LogP contribution in [0.5, 0.6) is 0 Å². The van der Waals surface area contributed by atoms with Crippen LogP contribution in [0.1, 0.15) is 20.8 Å². The third kappa shape index (κ3) is 5.96. The molecule has 0 aliphatic heterocycles. The number of Topliss-reactive ketones (excluding diaryl/α,β-unsaturated/α-hetero) is 1. The van der Waals surface area contributed by atoms with Crippen LogP contribution < -0.4 is 0 Å². The average molecular weight is 211 g/mol. The van der Waals surface area contributed by atoms with Gasteiger partial charge in [0.25, 0.3) is 0 Å². The number of rotatable bonds is 5. The van der Waals surface area contributed by atoms with Crippen molar-refractivity contribution in [3.63, 3.8) is 0 Å². The van der Waals surface area contributed by atoms with Gasteiger partial charge in [0.2, 0.25) is 0 Å². The van der Waals surface area contributed by atoms with Crippen LogP contribution in [0.25, 0.3) is 0 Å². The summed E-state index contributed by atoms with van der Waals surface area (Å²) >= 11 is 0. The van der Waals surface area contributed by atoms with E-state index in [0.717, 1.165) is 4.90 Å². The Balaban J connectivity index is 4.10. The van der Waals surface area contributed by atoms with Gasteiger partial charge in [-0.3, -0.25) is 9.69 Å². The molecule has 0 aromatic heterocycles. The van der Waals surface area contributed by atoms with E-state index < -0.39 is 12.7 Å². The molecule has 0 aromatic carbocycles. The van der Waals surface area contributed by atoms with E-state index in [9.17, 15) is 18.0 Å². The predicted molar refractivity (Wildman–Crippen MR) is 48.0 cm³/mol. The number of ketones is 1. The summed E-state index contributed by atoms with van der Waals surface area (Å²) < 4.78 is 36.0. The molecule has 84 valence electrons. The molecule has 0 rings (SSSR count). The van der Waals surface area contributed by atoms with E-state index in [-0.39, 0.29) is 24.8 Å². The molecule has 0 saturated carbocycles. The van der Waals surface area contributed by atoms with Crippen molar-refractivity contribution in [2.75, 3.05) is 19.6 Å². The molecule has 0 unspecified atom stereocenters. The number of carbonyl (C=O) groups excluding carboxylic acids is 1. The first-order chi connectivity index (χ1) is 6.26. The maximum absolute atomic E-state index is 12.0. The van der Waals surface area contributed by atoms with Crippen LogP contribution in [0.15, 0.2) is 0 Å². The van der Waals surface area contributed by atoms with E-state index in [1.807, 2.05) is 0 Å². The molecule has 0 N–H and O–H groups in total. The Morgan fingerprint density at radius 2 is 1.86 bits per heavy atom. The van der Waals surface area contributed by atoms with Gasteiger partial charge in [-0.2, -0.15) is 13.2 Å². The lowest BCUT2D eigenvalue weighted by Crippen LogP contribution is -2.38. The van der Waals surface area contributed by atoms with Gasteiger partial charge in [0.05, 0.1) is 13.1 Å². The zero-order valence-electron chi connectivity index (χ0n) is 8.69. The minimum Gasteiger partial charge on any atom is -0.298 e. The molecule has 0 radical (unpaired) electrons. The van der Waals surface area contributed by atoms with Gasteiger partial charge in [0, 0.05) is 5.92 Å². The molecule has 0 aliphatic carbocycles. The number of nitrogens with zero attached hydrogens (tertiary/aromatic N) is 1. The second-order valence-corrected chi connectivity index (χ2v) is 3.54. The summed E-state index contributed by atoms with van der Waals surface area (Å²) in [5.41, 5.74) is 0. The van der Waals surface area contributed by atoms with Crippen LogP contribution in [0, 0.1) is 5.92 Å². The first-order valence-electron chi connectivity index (χ1n) is 4.58. The lowest BCUT2D eigenvalue weighted by atomic mass is 10.1. The summed E-state index contributed by atoms with van der Waals surface area (Å²) in [5, 5.41) is 0. The topological polar surface area (TPSA) is 20.3 Å². The monoisotopic (exact) mass is 211 g/mol. The number of likely N-dealkylation sites (N-methyl/N-ethyl adjacent to an activating group) is 1. The molecule has 0 spiro atoms. The van der Waals surface area contributed by atoms with Crippen LogP contribution in [0.2, 0.25) is 0 Å². The van der Waals surface area contributed by atoms with Gasteiger partial charge in [-0.25, -0.2) is 0 Å². The Morgan fingerprint density at radius 1 is 1.36 bits per heavy atom. The van der Waals surface area contributed by atoms with Crippen molar-refractivity contribution in [1.82, 2.24) is 4.90 Å². The first kappa shape index (κ1) is 13.4. The Kier molecular flexibility index (Phi) is 5.12. The van der Waals surface area contributed by atoms with E-state index in [0.29, 0.717) is 0 Å². The summed E-state index contributed by atoms with van der Waals surface area (Å²) in [5.74, 6) is -0.367. The zero-order valence-corrected chi connectivity index (χ0v) is 8.69. The molecule has 0 heterocycles. The number of carbonyl (C=O) groups is 1. The van der Waals surface area contributed by atoms with Crippen molar-refractivity contribution in [3.05, 3.63) is 0 Å². The highest BCUT2D eigenvalue weighted by Gasteiger charge is 2.30. The van der Waals surface area contributed by atoms with Gasteiger partial charge in [0.1, 0.15) is 5.78 Å². The van der Waals surface area contributed by atoms with Crippen molar-refractivity contribution in [2.24, 2.45) is 5.92 Å². The highest BCUT2D eigenvalue weighted by molar-refractivity contribution is 5.82. The number of hydrogen-bond donors (Lipinski definition) is 0. The van der Waals surface area contributed by atoms with Crippen LogP contribution >= 0.6 is 0 Å². The zero-order chi connectivity index (χ0) is 11.4. The van der Waals surface area contributed by atoms with Gasteiger partial charge >= 0.3 is 6.18 Å². The molecule has 0 aromatic rings. The fourth-order valence-electron chi connectivity index (χ4n) is 0.936. The van der Waals surface area contributed by atoms with E-state index in [1.165, 1.54) is 0 Å². The molecule has 0 saturated heterocycles. The summed E-state index contributed by atoms with van der Waals surface area (Å²) in [6.45, 7) is 4.08. The van der Waals surface area contributed by atoms with E-state index in [2.05, 4.69) is 0 Å². The van der Waals surface area contributed by atoms with E-state index in [4.69, 9.17) is 0 Å². The number of hydrogen-bond acceptors (Lipinski definition) is 2. The quantitative estimate of drug-likeness (QED) is 0.694. The van der Waals surface area contributed by atoms with Crippen molar-refractivity contribution < 1.29 is 18.0 Å². The van der Waals surface area contributed by atoms with Crippen LogP contribution in [-0.4, -0.2) is 36.5 Å². The molecule has 0 atom stereocenters. The largest absolute Gasteiger partial charge is 0.401 e. The fraction of sp³-hybridized carbons (Fsp3) is 0.889. The van der Waals surface area contributed by atoms with E-state index in [1.54, 1.807) is 20.8 Å². The fourth-order valence-corrected chi connectivity index (χ4v) is 0.936. The molecule has 5 heteroatoms.